The minimum absolute atomic E-state index is 0.582. The van der Waals surface area contributed by atoms with Gasteiger partial charge in [-0.1, -0.05) is 24.6 Å². The van der Waals surface area contributed by atoms with E-state index in [0.717, 1.165) is 61.7 Å². The number of rotatable bonds is 7. The Bertz CT molecular complexity index is 975. The minimum atomic E-state index is -1.04. The molecular formula is C26H31O4P. The van der Waals surface area contributed by atoms with Crippen molar-refractivity contribution < 1.29 is 19.4 Å². The number of hydrogen-bond acceptors (Lipinski definition) is 3. The lowest BCUT2D eigenvalue weighted by Crippen LogP contribution is -2.23. The van der Waals surface area contributed by atoms with Crippen LogP contribution in [0.1, 0.15) is 35.6 Å². The van der Waals surface area contributed by atoms with Crippen LogP contribution in [-0.4, -0.2) is 25.3 Å². The number of benzene rings is 2. The SMILES string of the molecule is CCC1=CC=C(P(c2cc(C)c(OC)c(C)c2)c2cc(C)c(OC)c(C)c2)C1C(=O)O. The first kappa shape index (κ1) is 23.1. The van der Waals surface area contributed by atoms with Gasteiger partial charge in [0.15, 0.2) is 0 Å². The van der Waals surface area contributed by atoms with Gasteiger partial charge in [0.1, 0.15) is 17.4 Å². The third kappa shape index (κ3) is 4.27. The van der Waals surface area contributed by atoms with Gasteiger partial charge in [-0.3, -0.25) is 4.79 Å². The maximum absolute atomic E-state index is 12.3. The summed E-state index contributed by atoms with van der Waals surface area (Å²) < 4.78 is 11.2. The molecule has 0 aliphatic heterocycles. The van der Waals surface area contributed by atoms with Crippen LogP contribution in [0.4, 0.5) is 0 Å². The van der Waals surface area contributed by atoms with Crippen molar-refractivity contribution >= 4 is 24.5 Å². The van der Waals surface area contributed by atoms with Crippen LogP contribution in [0.3, 0.4) is 0 Å². The minimum Gasteiger partial charge on any atom is -0.496 e. The molecule has 1 aliphatic carbocycles. The first-order valence-corrected chi connectivity index (χ1v) is 11.8. The predicted molar refractivity (Wildman–Crippen MR) is 129 cm³/mol. The average molecular weight is 439 g/mol. The number of carboxylic acids is 1. The zero-order valence-corrected chi connectivity index (χ0v) is 20.3. The fraction of sp³-hybridized carbons (Fsp3) is 0.346. The van der Waals surface area contributed by atoms with Crippen LogP contribution in [0.15, 0.2) is 47.3 Å². The van der Waals surface area contributed by atoms with Gasteiger partial charge in [-0.25, -0.2) is 0 Å². The molecule has 1 unspecified atom stereocenters. The van der Waals surface area contributed by atoms with Gasteiger partial charge < -0.3 is 14.6 Å². The van der Waals surface area contributed by atoms with E-state index >= 15 is 0 Å². The van der Waals surface area contributed by atoms with E-state index in [2.05, 4.69) is 24.3 Å². The Balaban J connectivity index is 2.25. The monoisotopic (exact) mass is 438 g/mol. The number of methoxy groups -OCH3 is 2. The van der Waals surface area contributed by atoms with Crippen LogP contribution in [-0.2, 0) is 4.79 Å². The number of aliphatic carboxylic acids is 1. The van der Waals surface area contributed by atoms with Crippen molar-refractivity contribution in [2.75, 3.05) is 14.2 Å². The lowest BCUT2D eigenvalue weighted by Gasteiger charge is -2.27. The van der Waals surface area contributed by atoms with Crippen molar-refractivity contribution in [3.05, 3.63) is 69.6 Å². The summed E-state index contributed by atoms with van der Waals surface area (Å²) in [5.41, 5.74) is 5.18. The fourth-order valence-corrected chi connectivity index (χ4v) is 7.53. The lowest BCUT2D eigenvalue weighted by molar-refractivity contribution is -0.139. The molecule has 31 heavy (non-hydrogen) atoms. The van der Waals surface area contributed by atoms with Gasteiger partial charge in [0, 0.05) is 0 Å². The first-order chi connectivity index (χ1) is 14.7. The van der Waals surface area contributed by atoms with E-state index in [1.807, 2.05) is 46.8 Å². The Kier molecular flexibility index (Phi) is 6.91. The van der Waals surface area contributed by atoms with E-state index in [4.69, 9.17) is 9.47 Å². The quantitative estimate of drug-likeness (QED) is 0.596. The maximum Gasteiger partial charge on any atom is 0.315 e. The van der Waals surface area contributed by atoms with Crippen molar-refractivity contribution in [1.29, 1.82) is 0 Å². The zero-order valence-electron chi connectivity index (χ0n) is 19.4. The molecule has 1 N–H and O–H groups in total. The summed E-state index contributed by atoms with van der Waals surface area (Å²) in [5.74, 6) is 0.390. The van der Waals surface area contributed by atoms with E-state index in [1.165, 1.54) is 0 Å². The summed E-state index contributed by atoms with van der Waals surface area (Å²) in [6.45, 7) is 10.2. The molecule has 0 fully saturated rings. The second kappa shape index (κ2) is 9.28. The highest BCUT2D eigenvalue weighted by molar-refractivity contribution is 7.76. The Hall–Kier alpha value is -2.58. The summed E-state index contributed by atoms with van der Waals surface area (Å²) in [5, 5.41) is 13.3. The Morgan fingerprint density at radius 1 is 0.871 bits per heavy atom. The summed E-state index contributed by atoms with van der Waals surface area (Å²) in [4.78, 5) is 12.3. The highest BCUT2D eigenvalue weighted by atomic mass is 31.1. The van der Waals surface area contributed by atoms with Gasteiger partial charge >= 0.3 is 5.97 Å². The molecule has 0 spiro atoms. The molecule has 0 radical (unpaired) electrons. The lowest BCUT2D eigenvalue weighted by atomic mass is 10.0. The van der Waals surface area contributed by atoms with Crippen LogP contribution in [0.25, 0.3) is 0 Å². The van der Waals surface area contributed by atoms with Gasteiger partial charge in [-0.15, -0.1) is 0 Å². The third-order valence-corrected chi connectivity index (χ3v) is 8.34. The van der Waals surface area contributed by atoms with Crippen molar-refractivity contribution in [1.82, 2.24) is 0 Å². The molecule has 0 saturated heterocycles. The van der Waals surface area contributed by atoms with E-state index in [-0.39, 0.29) is 0 Å². The molecular weight excluding hydrogens is 407 g/mol. The van der Waals surface area contributed by atoms with Gasteiger partial charge in [0.05, 0.1) is 14.2 Å². The second-order valence-electron chi connectivity index (χ2n) is 8.02. The van der Waals surface area contributed by atoms with Crippen LogP contribution in [0.5, 0.6) is 11.5 Å². The Morgan fingerprint density at radius 3 is 1.61 bits per heavy atom. The van der Waals surface area contributed by atoms with Crippen LogP contribution < -0.4 is 20.1 Å². The first-order valence-electron chi connectivity index (χ1n) is 10.5. The molecule has 0 aromatic heterocycles. The van der Waals surface area contributed by atoms with Gasteiger partial charge in [0.25, 0.3) is 0 Å². The molecule has 0 heterocycles. The van der Waals surface area contributed by atoms with Gasteiger partial charge in [-0.05, 0) is 104 Å². The molecule has 2 aromatic rings. The average Bonchev–Trinajstić information content (AvgIpc) is 3.12. The van der Waals surface area contributed by atoms with Crippen molar-refractivity contribution in [3.8, 4) is 11.5 Å². The molecule has 2 aromatic carbocycles. The molecule has 3 rings (SSSR count). The molecule has 1 atom stereocenters. The largest absolute Gasteiger partial charge is 0.496 e. The second-order valence-corrected chi connectivity index (χ2v) is 10.2. The molecule has 0 amide bonds. The molecule has 1 aliphatic rings. The van der Waals surface area contributed by atoms with Gasteiger partial charge in [0.2, 0.25) is 0 Å². The summed E-state index contributed by atoms with van der Waals surface area (Å²) in [7, 11) is 2.33. The van der Waals surface area contributed by atoms with Crippen LogP contribution in [0, 0.1) is 33.6 Å². The number of carboxylic acid groups (broad SMARTS) is 1. The standard InChI is InChI=1S/C26H31O4P/c1-8-19-9-10-22(23(19)26(27)28)31(20-11-15(2)24(29-6)16(3)12-20)21-13-17(4)25(30-7)18(5)14-21/h9-14,23H,8H2,1-7H3,(H,27,28). The molecule has 4 nitrogen and oxygen atoms in total. The van der Waals surface area contributed by atoms with Crippen molar-refractivity contribution in [2.45, 2.75) is 41.0 Å². The van der Waals surface area contributed by atoms with Crippen LogP contribution >= 0.6 is 7.92 Å². The van der Waals surface area contributed by atoms with Crippen molar-refractivity contribution in [3.63, 3.8) is 0 Å². The highest BCUT2D eigenvalue weighted by Gasteiger charge is 2.35. The number of aryl methyl sites for hydroxylation is 4. The summed E-state index contributed by atoms with van der Waals surface area (Å²) in [6.07, 6.45) is 4.75. The van der Waals surface area contributed by atoms with E-state index < -0.39 is 19.8 Å². The number of hydrogen-bond donors (Lipinski definition) is 1. The summed E-state index contributed by atoms with van der Waals surface area (Å²) in [6, 6.07) is 8.60. The number of allylic oxidation sites excluding steroid dienone is 2. The number of ether oxygens (including phenoxy) is 2. The van der Waals surface area contributed by atoms with E-state index in [9.17, 15) is 9.90 Å². The predicted octanol–water partition coefficient (Wildman–Crippen LogP) is 5.30. The maximum atomic E-state index is 12.3. The molecule has 0 saturated carbocycles. The van der Waals surface area contributed by atoms with Gasteiger partial charge in [-0.2, -0.15) is 0 Å². The van der Waals surface area contributed by atoms with E-state index in [0.29, 0.717) is 0 Å². The fourth-order valence-electron chi connectivity index (χ4n) is 4.59. The Labute approximate surface area is 186 Å². The van der Waals surface area contributed by atoms with Crippen molar-refractivity contribution in [2.24, 2.45) is 5.92 Å². The van der Waals surface area contributed by atoms with E-state index in [1.54, 1.807) is 14.2 Å². The highest BCUT2D eigenvalue weighted by Crippen LogP contribution is 2.52. The molecule has 0 bridgehead atoms. The Morgan fingerprint density at radius 2 is 1.29 bits per heavy atom. The number of carbonyl (C=O) groups is 1. The normalized spacial score (nSPS) is 15.7. The summed E-state index contributed by atoms with van der Waals surface area (Å²) >= 11 is 0. The third-order valence-electron chi connectivity index (χ3n) is 5.86. The topological polar surface area (TPSA) is 55.8 Å². The van der Waals surface area contributed by atoms with Crippen LogP contribution in [0.2, 0.25) is 0 Å². The molecule has 5 heteroatoms. The zero-order chi connectivity index (χ0) is 22.9. The molecule has 164 valence electrons. The smallest absolute Gasteiger partial charge is 0.315 e.